The van der Waals surface area contributed by atoms with Gasteiger partial charge in [-0.1, -0.05) is 111 Å². The van der Waals surface area contributed by atoms with Crippen LogP contribution in [0.5, 0.6) is 23.0 Å². The molecule has 3 heterocycles. The van der Waals surface area contributed by atoms with Crippen LogP contribution in [0.2, 0.25) is 0 Å². The Morgan fingerprint density at radius 3 is 2.15 bits per heavy atom. The van der Waals surface area contributed by atoms with Gasteiger partial charge in [-0.2, -0.15) is 0 Å². The first-order chi connectivity index (χ1) is 23.5. The van der Waals surface area contributed by atoms with E-state index in [2.05, 4.69) is 105 Å². The van der Waals surface area contributed by atoms with Crippen LogP contribution in [0, 0.1) is 0 Å². The molecule has 1 aliphatic carbocycles. The highest BCUT2D eigenvalue weighted by molar-refractivity contribution is 7.25. The lowest BCUT2D eigenvalue weighted by Crippen LogP contribution is -2.15. The van der Waals surface area contributed by atoms with E-state index < -0.39 is 0 Å². The Morgan fingerprint density at radius 2 is 1.25 bits per heavy atom. The molecule has 1 aliphatic heterocycles. The van der Waals surface area contributed by atoms with Crippen molar-refractivity contribution >= 4 is 31.5 Å². The van der Waals surface area contributed by atoms with Gasteiger partial charge in [0.15, 0.2) is 28.8 Å². The first-order valence-electron chi connectivity index (χ1n) is 16.2. The second kappa shape index (κ2) is 10.1. The molecule has 0 N–H and O–H groups in total. The van der Waals surface area contributed by atoms with Crippen molar-refractivity contribution in [2.24, 2.45) is 0 Å². The van der Waals surface area contributed by atoms with E-state index in [-0.39, 0.29) is 5.41 Å². The molecule has 228 valence electrons. The maximum atomic E-state index is 6.94. The fourth-order valence-corrected chi connectivity index (χ4v) is 8.53. The summed E-state index contributed by atoms with van der Waals surface area (Å²) in [4.78, 5) is 10.4. The third-order valence-electron chi connectivity index (χ3n) is 9.78. The third-order valence-corrected chi connectivity index (χ3v) is 10.9. The van der Waals surface area contributed by atoms with Crippen molar-refractivity contribution in [2.75, 3.05) is 0 Å². The van der Waals surface area contributed by atoms with Gasteiger partial charge in [0.05, 0.1) is 17.0 Å². The van der Waals surface area contributed by atoms with E-state index in [0.717, 1.165) is 39.4 Å². The summed E-state index contributed by atoms with van der Waals surface area (Å²) < 4.78 is 16.0. The first kappa shape index (κ1) is 27.3. The summed E-state index contributed by atoms with van der Waals surface area (Å²) in [5.74, 6) is 3.30. The molecule has 5 heteroatoms. The van der Waals surface area contributed by atoms with Crippen molar-refractivity contribution in [3.63, 3.8) is 0 Å². The molecule has 2 aliphatic rings. The van der Waals surface area contributed by atoms with Crippen molar-refractivity contribution in [3.05, 3.63) is 145 Å². The van der Waals surface area contributed by atoms with Gasteiger partial charge in [-0.3, -0.25) is 0 Å². The van der Waals surface area contributed by atoms with Gasteiger partial charge in [-0.05, 0) is 53.1 Å². The standard InChI is InChI=1S/C43H28N2O2S/c1-43(2)31-16-8-6-14-29(31)39-32(43)21-22-36-41(39)47-40-30(15-10-17-35(40)46-36)42-44-33(25-11-4-3-5-12-25)24-34(45-42)26-19-20-28-27-13-7-9-18-37(27)48-38(28)23-26/h3-24H,1-2H3. The highest BCUT2D eigenvalue weighted by atomic mass is 32.1. The minimum atomic E-state index is -0.151. The molecule has 0 atom stereocenters. The highest BCUT2D eigenvalue weighted by Gasteiger charge is 2.40. The molecular weight excluding hydrogens is 609 g/mol. The second-order valence-electron chi connectivity index (χ2n) is 13.0. The summed E-state index contributed by atoms with van der Waals surface area (Å²) in [6.07, 6.45) is 0. The van der Waals surface area contributed by atoms with Gasteiger partial charge in [0.2, 0.25) is 0 Å². The smallest absolute Gasteiger partial charge is 0.181 e. The number of para-hydroxylation sites is 1. The Bertz CT molecular complexity index is 2600. The summed E-state index contributed by atoms with van der Waals surface area (Å²) in [6, 6.07) is 46.3. The molecule has 2 aromatic heterocycles. The Labute approximate surface area is 281 Å². The van der Waals surface area contributed by atoms with Gasteiger partial charge < -0.3 is 9.47 Å². The number of rotatable bonds is 3. The average molecular weight is 637 g/mol. The lowest BCUT2D eigenvalue weighted by molar-refractivity contribution is 0.361. The Morgan fingerprint density at radius 1 is 0.521 bits per heavy atom. The van der Waals surface area contributed by atoms with Gasteiger partial charge in [0, 0.05) is 42.3 Å². The zero-order valence-electron chi connectivity index (χ0n) is 26.3. The molecule has 0 unspecified atom stereocenters. The van der Waals surface area contributed by atoms with E-state index in [9.17, 15) is 0 Å². The van der Waals surface area contributed by atoms with Crippen LogP contribution in [0.25, 0.3) is 65.2 Å². The van der Waals surface area contributed by atoms with Crippen molar-refractivity contribution in [2.45, 2.75) is 19.3 Å². The second-order valence-corrected chi connectivity index (χ2v) is 14.0. The fraction of sp³-hybridized carbons (Fsp3) is 0.0698. The molecule has 0 saturated heterocycles. The minimum Gasteiger partial charge on any atom is -0.449 e. The first-order valence-corrected chi connectivity index (χ1v) is 17.0. The molecule has 0 saturated carbocycles. The van der Waals surface area contributed by atoms with Crippen LogP contribution in [0.4, 0.5) is 0 Å². The molecule has 0 amide bonds. The highest BCUT2D eigenvalue weighted by Crippen LogP contribution is 2.59. The SMILES string of the molecule is CC1(C)c2ccccc2-c2c1ccc1c2Oc2c(cccc2-c2nc(-c3ccccc3)cc(-c3ccc4c(c3)sc3ccccc34)n2)O1. The van der Waals surface area contributed by atoms with Crippen molar-refractivity contribution in [1.29, 1.82) is 0 Å². The lowest BCUT2D eigenvalue weighted by atomic mass is 9.82. The minimum absolute atomic E-state index is 0.151. The predicted octanol–water partition coefficient (Wildman–Crippen LogP) is 12.0. The van der Waals surface area contributed by atoms with Crippen LogP contribution in [0.3, 0.4) is 0 Å². The van der Waals surface area contributed by atoms with Crippen LogP contribution in [0.1, 0.15) is 25.0 Å². The summed E-state index contributed by atoms with van der Waals surface area (Å²) in [5.41, 5.74) is 9.18. The lowest BCUT2D eigenvalue weighted by Gasteiger charge is -2.26. The summed E-state index contributed by atoms with van der Waals surface area (Å²) in [7, 11) is 0. The van der Waals surface area contributed by atoms with Gasteiger partial charge in [-0.25, -0.2) is 9.97 Å². The maximum absolute atomic E-state index is 6.94. The Kier molecular flexibility index (Phi) is 5.76. The molecule has 48 heavy (non-hydrogen) atoms. The molecule has 0 radical (unpaired) electrons. The van der Waals surface area contributed by atoms with Gasteiger partial charge in [0.1, 0.15) is 0 Å². The summed E-state index contributed by atoms with van der Waals surface area (Å²) in [6.45, 7) is 4.54. The van der Waals surface area contributed by atoms with E-state index >= 15 is 0 Å². The van der Waals surface area contributed by atoms with Gasteiger partial charge >= 0.3 is 0 Å². The molecule has 4 nitrogen and oxygen atoms in total. The van der Waals surface area contributed by atoms with Crippen molar-refractivity contribution < 1.29 is 9.47 Å². The van der Waals surface area contributed by atoms with Gasteiger partial charge in [0.25, 0.3) is 0 Å². The van der Waals surface area contributed by atoms with Crippen LogP contribution in [-0.2, 0) is 5.41 Å². The van der Waals surface area contributed by atoms with E-state index in [1.165, 1.54) is 36.9 Å². The van der Waals surface area contributed by atoms with E-state index in [1.54, 1.807) is 0 Å². The Balaban J connectivity index is 1.15. The molecule has 8 aromatic rings. The zero-order valence-corrected chi connectivity index (χ0v) is 27.1. The molecule has 0 spiro atoms. The van der Waals surface area contributed by atoms with E-state index in [4.69, 9.17) is 19.4 Å². The zero-order chi connectivity index (χ0) is 32.0. The van der Waals surface area contributed by atoms with E-state index in [0.29, 0.717) is 23.1 Å². The number of aromatic nitrogens is 2. The number of fused-ring (bicyclic) bond motifs is 9. The normalized spacial score (nSPS) is 13.7. The maximum Gasteiger partial charge on any atom is 0.181 e. The molecule has 6 aromatic carbocycles. The van der Waals surface area contributed by atoms with Crippen LogP contribution in [-0.4, -0.2) is 9.97 Å². The average Bonchev–Trinajstić information content (AvgIpc) is 3.62. The fourth-order valence-electron chi connectivity index (χ4n) is 7.38. The van der Waals surface area contributed by atoms with Crippen molar-refractivity contribution in [3.8, 4) is 68.0 Å². The largest absolute Gasteiger partial charge is 0.449 e. The van der Waals surface area contributed by atoms with Gasteiger partial charge in [-0.15, -0.1) is 11.3 Å². The molecular formula is C43H28N2O2S. The monoisotopic (exact) mass is 636 g/mol. The number of hydrogen-bond acceptors (Lipinski definition) is 5. The predicted molar refractivity (Wildman–Crippen MR) is 195 cm³/mol. The third kappa shape index (κ3) is 4.01. The topological polar surface area (TPSA) is 44.2 Å². The molecule has 0 fully saturated rings. The number of benzene rings is 6. The van der Waals surface area contributed by atoms with Crippen molar-refractivity contribution in [1.82, 2.24) is 9.97 Å². The number of hydrogen-bond donors (Lipinski definition) is 0. The molecule has 0 bridgehead atoms. The molecule has 10 rings (SSSR count). The quantitative estimate of drug-likeness (QED) is 0.194. The van der Waals surface area contributed by atoms with Crippen LogP contribution in [0.15, 0.2) is 133 Å². The Hall–Kier alpha value is -5.78. The summed E-state index contributed by atoms with van der Waals surface area (Å²) >= 11 is 1.81. The number of ether oxygens (including phenoxy) is 2. The van der Waals surface area contributed by atoms with E-state index in [1.807, 2.05) is 53.8 Å². The van der Waals surface area contributed by atoms with Crippen LogP contribution < -0.4 is 9.47 Å². The number of nitrogens with zero attached hydrogens (tertiary/aromatic N) is 2. The van der Waals surface area contributed by atoms with Crippen LogP contribution >= 0.6 is 11.3 Å². The number of thiophene rings is 1. The summed E-state index contributed by atoms with van der Waals surface area (Å²) in [5, 5.41) is 2.54.